The molecule has 1 aromatic carbocycles. The fraction of sp³-hybridized carbons (Fsp3) is 0.222. The molecule has 0 amide bonds. The highest BCUT2D eigenvalue weighted by Gasteiger charge is 1.95. The Hall–Kier alpha value is -1.06. The Bertz CT molecular complexity index is 261. The second-order valence-corrected chi connectivity index (χ2v) is 2.64. The van der Waals surface area contributed by atoms with E-state index in [0.717, 1.165) is 5.56 Å². The fourth-order valence-corrected chi connectivity index (χ4v) is 0.866. The summed E-state index contributed by atoms with van der Waals surface area (Å²) in [6.07, 6.45) is 0. The van der Waals surface area contributed by atoms with Crippen molar-refractivity contribution in [3.8, 4) is 0 Å². The lowest BCUT2D eigenvalue weighted by Crippen LogP contribution is -2.01. The van der Waals surface area contributed by atoms with Gasteiger partial charge in [0, 0.05) is 11.6 Å². The minimum atomic E-state index is -0.854. The Balaban J connectivity index is 2.17. The van der Waals surface area contributed by atoms with E-state index in [1.165, 1.54) is 0 Å². The van der Waals surface area contributed by atoms with E-state index in [1.807, 2.05) is 30.3 Å². The highest BCUT2D eigenvalue weighted by molar-refractivity contribution is 6.61. The number of hydrogen-bond acceptors (Lipinski definition) is 3. The molecule has 0 radical (unpaired) electrons. The van der Waals surface area contributed by atoms with Crippen molar-refractivity contribution in [3.63, 3.8) is 0 Å². The molecule has 0 atom stereocenters. The van der Waals surface area contributed by atoms with Crippen LogP contribution in [-0.4, -0.2) is 12.2 Å². The smallest absolute Gasteiger partial charge is 0.405 e. The third-order valence-corrected chi connectivity index (χ3v) is 1.48. The first-order valence-electron chi connectivity index (χ1n) is 3.73. The van der Waals surface area contributed by atoms with Gasteiger partial charge in [0.2, 0.25) is 0 Å². The standard InChI is InChI=1S/C9H9ClO3/c10-9(11)13-7-12-6-8-4-2-1-3-5-8/h1-5H,6-7H2. The van der Waals surface area contributed by atoms with Crippen molar-refractivity contribution in [2.45, 2.75) is 6.61 Å². The van der Waals surface area contributed by atoms with Gasteiger partial charge in [0.25, 0.3) is 0 Å². The molecule has 0 N–H and O–H groups in total. The van der Waals surface area contributed by atoms with E-state index >= 15 is 0 Å². The van der Waals surface area contributed by atoms with Gasteiger partial charge < -0.3 is 9.47 Å². The van der Waals surface area contributed by atoms with Crippen LogP contribution in [0.4, 0.5) is 4.79 Å². The maximum Gasteiger partial charge on any atom is 0.405 e. The summed E-state index contributed by atoms with van der Waals surface area (Å²) in [7, 11) is 0. The van der Waals surface area contributed by atoms with Gasteiger partial charge in [-0.05, 0) is 5.56 Å². The highest BCUT2D eigenvalue weighted by Crippen LogP contribution is 2.00. The van der Waals surface area contributed by atoms with E-state index < -0.39 is 5.43 Å². The third kappa shape index (κ3) is 4.50. The Morgan fingerprint density at radius 3 is 2.62 bits per heavy atom. The quantitative estimate of drug-likeness (QED) is 0.426. The van der Waals surface area contributed by atoms with E-state index in [2.05, 4.69) is 4.74 Å². The average molecular weight is 201 g/mol. The number of halogens is 1. The number of rotatable bonds is 4. The Kier molecular flexibility index (Phi) is 4.29. The second kappa shape index (κ2) is 5.56. The lowest BCUT2D eigenvalue weighted by molar-refractivity contribution is -0.0150. The van der Waals surface area contributed by atoms with Crippen LogP contribution in [0, 0.1) is 0 Å². The van der Waals surface area contributed by atoms with Gasteiger partial charge in [-0.1, -0.05) is 30.3 Å². The van der Waals surface area contributed by atoms with Crippen LogP contribution in [0.5, 0.6) is 0 Å². The zero-order valence-electron chi connectivity index (χ0n) is 6.90. The Morgan fingerprint density at radius 1 is 1.31 bits per heavy atom. The van der Waals surface area contributed by atoms with Crippen LogP contribution in [0.3, 0.4) is 0 Å². The molecule has 0 heterocycles. The zero-order valence-corrected chi connectivity index (χ0v) is 7.66. The Morgan fingerprint density at radius 2 is 2.00 bits per heavy atom. The predicted molar refractivity (Wildman–Crippen MR) is 48.4 cm³/mol. The molecule has 0 aliphatic carbocycles. The monoisotopic (exact) mass is 200 g/mol. The summed E-state index contributed by atoms with van der Waals surface area (Å²) in [5.41, 5.74) is 0.168. The van der Waals surface area contributed by atoms with E-state index in [1.54, 1.807) is 0 Å². The van der Waals surface area contributed by atoms with E-state index in [9.17, 15) is 4.79 Å². The number of carbonyl (C=O) groups excluding carboxylic acids is 1. The van der Waals surface area contributed by atoms with Crippen LogP contribution in [0.2, 0.25) is 0 Å². The number of benzene rings is 1. The van der Waals surface area contributed by atoms with Crippen LogP contribution in [0.15, 0.2) is 30.3 Å². The van der Waals surface area contributed by atoms with Gasteiger partial charge in [0.1, 0.15) is 0 Å². The fourth-order valence-electron chi connectivity index (χ4n) is 0.822. The summed E-state index contributed by atoms with van der Waals surface area (Å²) in [4.78, 5) is 10.1. The predicted octanol–water partition coefficient (Wildman–Crippen LogP) is 2.54. The van der Waals surface area contributed by atoms with Crippen LogP contribution in [0.1, 0.15) is 5.56 Å². The number of hydrogen-bond donors (Lipinski definition) is 0. The van der Waals surface area contributed by atoms with Gasteiger partial charge in [-0.3, -0.25) is 0 Å². The molecule has 0 aliphatic rings. The molecule has 0 fully saturated rings. The molecule has 0 unspecified atom stereocenters. The van der Waals surface area contributed by atoms with Gasteiger partial charge in [0.05, 0.1) is 6.61 Å². The van der Waals surface area contributed by atoms with E-state index in [-0.39, 0.29) is 6.79 Å². The van der Waals surface area contributed by atoms with Crippen LogP contribution >= 0.6 is 11.6 Å². The maximum atomic E-state index is 10.1. The average Bonchev–Trinajstić information content (AvgIpc) is 2.14. The summed E-state index contributed by atoms with van der Waals surface area (Å²) >= 11 is 4.92. The van der Waals surface area contributed by atoms with Crippen LogP contribution in [-0.2, 0) is 16.1 Å². The van der Waals surface area contributed by atoms with Crippen molar-refractivity contribution in [2.24, 2.45) is 0 Å². The summed E-state index contributed by atoms with van der Waals surface area (Å²) < 4.78 is 9.37. The molecule has 13 heavy (non-hydrogen) atoms. The lowest BCUT2D eigenvalue weighted by atomic mass is 10.2. The van der Waals surface area contributed by atoms with E-state index in [0.29, 0.717) is 6.61 Å². The molecule has 0 bridgehead atoms. The molecule has 0 spiro atoms. The molecule has 1 rings (SSSR count). The molecule has 1 aromatic rings. The molecular weight excluding hydrogens is 192 g/mol. The molecule has 0 saturated heterocycles. The molecular formula is C9H9ClO3. The lowest BCUT2D eigenvalue weighted by Gasteiger charge is -2.02. The maximum absolute atomic E-state index is 10.1. The van der Waals surface area contributed by atoms with Gasteiger partial charge in [-0.2, -0.15) is 0 Å². The number of ether oxygens (including phenoxy) is 2. The normalized spacial score (nSPS) is 9.62. The zero-order chi connectivity index (χ0) is 9.52. The van der Waals surface area contributed by atoms with Crippen molar-refractivity contribution >= 4 is 17.0 Å². The second-order valence-electron chi connectivity index (χ2n) is 2.33. The third-order valence-electron chi connectivity index (χ3n) is 1.37. The molecule has 70 valence electrons. The minimum absolute atomic E-state index is 0.114. The summed E-state index contributed by atoms with van der Waals surface area (Å²) in [6, 6.07) is 9.58. The topological polar surface area (TPSA) is 35.5 Å². The Labute approximate surface area is 81.2 Å². The van der Waals surface area contributed by atoms with Crippen molar-refractivity contribution in [2.75, 3.05) is 6.79 Å². The molecule has 0 aliphatic heterocycles. The largest absolute Gasteiger partial charge is 0.426 e. The van der Waals surface area contributed by atoms with Crippen molar-refractivity contribution in [3.05, 3.63) is 35.9 Å². The van der Waals surface area contributed by atoms with Gasteiger partial charge in [-0.25, -0.2) is 4.79 Å². The summed E-state index contributed by atoms with van der Waals surface area (Å²) in [6.45, 7) is 0.294. The molecule has 0 saturated carbocycles. The first-order chi connectivity index (χ1) is 6.29. The molecule has 0 aromatic heterocycles. The van der Waals surface area contributed by atoms with E-state index in [4.69, 9.17) is 16.3 Å². The van der Waals surface area contributed by atoms with Gasteiger partial charge >= 0.3 is 5.43 Å². The van der Waals surface area contributed by atoms with Gasteiger partial charge in [-0.15, -0.1) is 0 Å². The van der Waals surface area contributed by atoms with Crippen LogP contribution < -0.4 is 0 Å². The molecule has 4 heteroatoms. The van der Waals surface area contributed by atoms with Crippen molar-refractivity contribution < 1.29 is 14.3 Å². The highest BCUT2D eigenvalue weighted by atomic mass is 35.5. The van der Waals surface area contributed by atoms with Crippen molar-refractivity contribution in [1.29, 1.82) is 0 Å². The van der Waals surface area contributed by atoms with Crippen molar-refractivity contribution in [1.82, 2.24) is 0 Å². The first-order valence-corrected chi connectivity index (χ1v) is 4.11. The summed E-state index contributed by atoms with van der Waals surface area (Å²) in [5, 5.41) is 0. The van der Waals surface area contributed by atoms with Crippen LogP contribution in [0.25, 0.3) is 0 Å². The summed E-state index contributed by atoms with van der Waals surface area (Å²) in [5.74, 6) is 0. The minimum Gasteiger partial charge on any atom is -0.426 e. The number of carbonyl (C=O) groups is 1. The molecule has 3 nitrogen and oxygen atoms in total. The van der Waals surface area contributed by atoms with Gasteiger partial charge in [0.15, 0.2) is 6.79 Å². The first kappa shape index (κ1) is 10.0. The SMILES string of the molecule is O=C(Cl)OCOCc1ccccc1.